The molecule has 0 bridgehead atoms. The van der Waals surface area contributed by atoms with Crippen molar-refractivity contribution in [2.24, 2.45) is 0 Å². The van der Waals surface area contributed by atoms with Crippen LogP contribution in [0.1, 0.15) is 22.6 Å². The summed E-state index contributed by atoms with van der Waals surface area (Å²) < 4.78 is 6.58. The summed E-state index contributed by atoms with van der Waals surface area (Å²) >= 11 is 6.05. The quantitative estimate of drug-likeness (QED) is 0.626. The average Bonchev–Trinajstić information content (AvgIpc) is 3.12. The van der Waals surface area contributed by atoms with Gasteiger partial charge >= 0.3 is 0 Å². The van der Waals surface area contributed by atoms with Crippen LogP contribution in [-0.4, -0.2) is 89.6 Å². The second kappa shape index (κ2) is 10.5. The van der Waals surface area contributed by atoms with Crippen LogP contribution in [0.5, 0.6) is 0 Å². The number of piperazine rings is 1. The highest BCUT2D eigenvalue weighted by Crippen LogP contribution is 2.18. The van der Waals surface area contributed by atoms with Gasteiger partial charge in [-0.05, 0) is 31.5 Å². The number of hydrogen-bond donors (Lipinski definition) is 1. The maximum Gasteiger partial charge on any atom is 0.276 e. The molecule has 1 aliphatic rings. The molecule has 0 unspecified atom stereocenters. The lowest BCUT2D eigenvalue weighted by Crippen LogP contribution is -2.51. The van der Waals surface area contributed by atoms with Gasteiger partial charge in [-0.3, -0.25) is 14.5 Å². The van der Waals surface area contributed by atoms with Crippen molar-refractivity contribution in [3.8, 4) is 5.69 Å². The monoisotopic (exact) mass is 434 g/mol. The molecule has 0 radical (unpaired) electrons. The Balaban J connectivity index is 1.53. The van der Waals surface area contributed by atoms with Crippen LogP contribution in [0.15, 0.2) is 24.3 Å². The minimum Gasteiger partial charge on any atom is -0.385 e. The van der Waals surface area contributed by atoms with Gasteiger partial charge < -0.3 is 15.0 Å². The van der Waals surface area contributed by atoms with Crippen LogP contribution < -0.4 is 5.32 Å². The van der Waals surface area contributed by atoms with Crippen LogP contribution in [-0.2, 0) is 9.53 Å². The van der Waals surface area contributed by atoms with Gasteiger partial charge in [-0.15, -0.1) is 5.10 Å². The molecule has 1 aliphatic heterocycles. The van der Waals surface area contributed by atoms with E-state index in [-0.39, 0.29) is 11.8 Å². The van der Waals surface area contributed by atoms with E-state index in [9.17, 15) is 9.59 Å². The molecule has 1 saturated heterocycles. The molecule has 1 aromatic heterocycles. The third kappa shape index (κ3) is 5.56. The maximum absolute atomic E-state index is 12.9. The second-order valence-electron chi connectivity index (χ2n) is 7.18. The van der Waals surface area contributed by atoms with Crippen molar-refractivity contribution >= 4 is 23.4 Å². The standard InChI is InChI=1S/C20H27ClN6O3/c1-15-19(23-24-27(15)17-6-3-5-16(21)13-17)20(29)26-10-8-25(9-11-26)14-18(28)22-7-4-12-30-2/h3,5-6,13H,4,7-12,14H2,1-2H3,(H,22,28). The number of nitrogens with one attached hydrogen (secondary N) is 1. The zero-order valence-corrected chi connectivity index (χ0v) is 18.1. The molecule has 1 aromatic carbocycles. The van der Waals surface area contributed by atoms with Crippen molar-refractivity contribution in [3.63, 3.8) is 0 Å². The Labute approximate surface area is 180 Å². The molecule has 10 heteroatoms. The van der Waals surface area contributed by atoms with Gasteiger partial charge in [0.2, 0.25) is 5.91 Å². The Bertz CT molecular complexity index is 879. The molecule has 0 atom stereocenters. The Hall–Kier alpha value is -2.49. The van der Waals surface area contributed by atoms with Crippen molar-refractivity contribution in [3.05, 3.63) is 40.7 Å². The van der Waals surface area contributed by atoms with E-state index in [1.807, 2.05) is 24.0 Å². The van der Waals surface area contributed by atoms with Gasteiger partial charge in [0, 0.05) is 51.5 Å². The van der Waals surface area contributed by atoms with Crippen LogP contribution in [0.2, 0.25) is 5.02 Å². The van der Waals surface area contributed by atoms with E-state index in [0.717, 1.165) is 12.1 Å². The molecule has 2 aromatic rings. The zero-order chi connectivity index (χ0) is 21.5. The van der Waals surface area contributed by atoms with Gasteiger partial charge in [0.1, 0.15) is 0 Å². The fourth-order valence-electron chi connectivity index (χ4n) is 3.34. The number of hydrogen-bond acceptors (Lipinski definition) is 6. The molecule has 3 rings (SSSR count). The number of methoxy groups -OCH3 is 1. The summed E-state index contributed by atoms with van der Waals surface area (Å²) in [5, 5.41) is 11.7. The molecule has 0 aliphatic carbocycles. The molecule has 1 N–H and O–H groups in total. The van der Waals surface area contributed by atoms with Crippen LogP contribution in [0.25, 0.3) is 5.69 Å². The summed E-state index contributed by atoms with van der Waals surface area (Å²) in [5.41, 5.74) is 1.76. The minimum absolute atomic E-state index is 0.00816. The van der Waals surface area contributed by atoms with E-state index in [2.05, 4.69) is 15.6 Å². The minimum atomic E-state index is -0.149. The first-order valence-corrected chi connectivity index (χ1v) is 10.3. The van der Waals surface area contributed by atoms with Crippen molar-refractivity contribution in [2.75, 3.05) is 53.0 Å². The lowest BCUT2D eigenvalue weighted by Gasteiger charge is -2.34. The zero-order valence-electron chi connectivity index (χ0n) is 17.3. The molecule has 2 heterocycles. The van der Waals surface area contributed by atoms with E-state index < -0.39 is 0 Å². The van der Waals surface area contributed by atoms with Gasteiger partial charge in [0.05, 0.1) is 17.9 Å². The fraction of sp³-hybridized carbons (Fsp3) is 0.500. The average molecular weight is 435 g/mol. The normalized spacial score (nSPS) is 14.7. The lowest BCUT2D eigenvalue weighted by molar-refractivity contribution is -0.122. The third-order valence-electron chi connectivity index (χ3n) is 5.02. The molecule has 0 spiro atoms. The Morgan fingerprint density at radius 1 is 1.23 bits per heavy atom. The predicted octanol–water partition coefficient (Wildman–Crippen LogP) is 1.14. The molecule has 9 nitrogen and oxygen atoms in total. The third-order valence-corrected chi connectivity index (χ3v) is 5.26. The first-order valence-electron chi connectivity index (χ1n) is 9.95. The Morgan fingerprint density at radius 2 is 2.00 bits per heavy atom. The Morgan fingerprint density at radius 3 is 2.70 bits per heavy atom. The van der Waals surface area contributed by atoms with Crippen molar-refractivity contribution < 1.29 is 14.3 Å². The van der Waals surface area contributed by atoms with Crippen LogP contribution in [0, 0.1) is 6.92 Å². The number of carbonyl (C=O) groups is 2. The molecule has 162 valence electrons. The van der Waals surface area contributed by atoms with Crippen molar-refractivity contribution in [1.29, 1.82) is 0 Å². The van der Waals surface area contributed by atoms with E-state index >= 15 is 0 Å². The van der Waals surface area contributed by atoms with E-state index in [1.54, 1.807) is 28.8 Å². The van der Waals surface area contributed by atoms with E-state index in [1.165, 1.54) is 0 Å². The lowest BCUT2D eigenvalue weighted by atomic mass is 10.2. The van der Waals surface area contributed by atoms with Crippen LogP contribution in [0.3, 0.4) is 0 Å². The molecule has 0 saturated carbocycles. The fourth-order valence-corrected chi connectivity index (χ4v) is 3.53. The number of rotatable bonds is 8. The van der Waals surface area contributed by atoms with E-state index in [4.69, 9.17) is 16.3 Å². The number of amides is 2. The first-order chi connectivity index (χ1) is 14.5. The van der Waals surface area contributed by atoms with Gasteiger partial charge in [-0.2, -0.15) is 0 Å². The highest BCUT2D eigenvalue weighted by Gasteiger charge is 2.27. The maximum atomic E-state index is 12.9. The number of halogens is 1. The molecule has 2 amide bonds. The van der Waals surface area contributed by atoms with Crippen molar-refractivity contribution in [1.82, 2.24) is 30.1 Å². The summed E-state index contributed by atoms with van der Waals surface area (Å²) in [4.78, 5) is 28.8. The van der Waals surface area contributed by atoms with Gasteiger partial charge in [0.25, 0.3) is 5.91 Å². The highest BCUT2D eigenvalue weighted by molar-refractivity contribution is 6.30. The van der Waals surface area contributed by atoms with Crippen LogP contribution in [0.4, 0.5) is 0 Å². The van der Waals surface area contributed by atoms with Crippen molar-refractivity contribution in [2.45, 2.75) is 13.3 Å². The topological polar surface area (TPSA) is 92.6 Å². The van der Waals surface area contributed by atoms with Crippen LogP contribution >= 0.6 is 11.6 Å². The number of benzene rings is 1. The second-order valence-corrected chi connectivity index (χ2v) is 7.62. The number of nitrogens with zero attached hydrogens (tertiary/aromatic N) is 5. The molecule has 1 fully saturated rings. The summed E-state index contributed by atoms with van der Waals surface area (Å²) in [5.74, 6) is -0.157. The Kier molecular flexibility index (Phi) is 7.78. The summed E-state index contributed by atoms with van der Waals surface area (Å²) in [7, 11) is 1.64. The number of aromatic nitrogens is 3. The summed E-state index contributed by atoms with van der Waals surface area (Å²) in [6.07, 6.45) is 0.791. The highest BCUT2D eigenvalue weighted by atomic mass is 35.5. The molecular weight excluding hydrogens is 408 g/mol. The first kappa shape index (κ1) is 22.2. The van der Waals surface area contributed by atoms with Gasteiger partial charge in [-0.1, -0.05) is 22.9 Å². The number of ether oxygens (including phenoxy) is 1. The van der Waals surface area contributed by atoms with E-state index in [0.29, 0.717) is 62.3 Å². The smallest absolute Gasteiger partial charge is 0.276 e. The van der Waals surface area contributed by atoms with Gasteiger partial charge in [0.15, 0.2) is 5.69 Å². The molecule has 30 heavy (non-hydrogen) atoms. The predicted molar refractivity (Wildman–Crippen MR) is 113 cm³/mol. The largest absolute Gasteiger partial charge is 0.385 e. The SMILES string of the molecule is COCCCNC(=O)CN1CCN(C(=O)c2nnn(-c3cccc(Cl)c3)c2C)CC1. The summed E-state index contributed by atoms with van der Waals surface area (Å²) in [6, 6.07) is 7.24. The van der Waals surface area contributed by atoms with Gasteiger partial charge in [-0.25, -0.2) is 4.68 Å². The molecular formula is C20H27ClN6O3. The summed E-state index contributed by atoms with van der Waals surface area (Å²) in [6.45, 7) is 5.74. The number of carbonyl (C=O) groups excluding carboxylic acids is 2.